The molecule has 0 aliphatic heterocycles. The maximum Gasteiger partial charge on any atom is 0.203 e. The number of hydrogen-bond acceptors (Lipinski definition) is 7. The van der Waals surface area contributed by atoms with Crippen molar-refractivity contribution in [2.45, 2.75) is 26.8 Å². The number of rotatable bonds is 5. The van der Waals surface area contributed by atoms with Crippen LogP contribution in [-0.2, 0) is 0 Å². The molecular formula is C19H18Cl2FN7S. The fourth-order valence-corrected chi connectivity index (χ4v) is 4.05. The Morgan fingerprint density at radius 3 is 2.57 bits per heavy atom. The summed E-state index contributed by atoms with van der Waals surface area (Å²) in [6.07, 6.45) is 1.64. The van der Waals surface area contributed by atoms with Gasteiger partial charge in [-0.2, -0.15) is 9.61 Å². The molecule has 156 valence electrons. The molecule has 0 spiro atoms. The Bertz CT molecular complexity index is 1240. The Morgan fingerprint density at radius 2 is 1.93 bits per heavy atom. The van der Waals surface area contributed by atoms with Gasteiger partial charge in [0.05, 0.1) is 22.3 Å². The summed E-state index contributed by atoms with van der Waals surface area (Å²) in [5.41, 5.74) is 7.97. The highest BCUT2D eigenvalue weighted by atomic mass is 35.5. The normalized spacial score (nSPS) is 12.6. The molecule has 0 amide bonds. The van der Waals surface area contributed by atoms with Crippen LogP contribution in [0.3, 0.4) is 0 Å². The van der Waals surface area contributed by atoms with E-state index in [2.05, 4.69) is 46.4 Å². The minimum absolute atomic E-state index is 0.0782. The molecule has 7 nitrogen and oxygen atoms in total. The van der Waals surface area contributed by atoms with E-state index in [0.29, 0.717) is 44.2 Å². The molecule has 1 aromatic carbocycles. The maximum atomic E-state index is 13.6. The predicted octanol–water partition coefficient (Wildman–Crippen LogP) is 5.40. The zero-order valence-electron chi connectivity index (χ0n) is 16.3. The van der Waals surface area contributed by atoms with E-state index in [4.69, 9.17) is 28.9 Å². The van der Waals surface area contributed by atoms with Crippen molar-refractivity contribution in [3.8, 4) is 21.7 Å². The summed E-state index contributed by atoms with van der Waals surface area (Å²) in [6.45, 7) is 6.25. The van der Waals surface area contributed by atoms with Gasteiger partial charge in [-0.25, -0.2) is 9.37 Å². The molecule has 0 aliphatic carbocycles. The smallest absolute Gasteiger partial charge is 0.203 e. The van der Waals surface area contributed by atoms with Crippen molar-refractivity contribution >= 4 is 51.1 Å². The molecule has 0 aliphatic rings. The summed E-state index contributed by atoms with van der Waals surface area (Å²) in [5, 5.41) is 17.3. The van der Waals surface area contributed by atoms with Gasteiger partial charge >= 0.3 is 0 Å². The minimum atomic E-state index is -0.436. The molecule has 30 heavy (non-hydrogen) atoms. The number of nitrogens with two attached hydrogens (primary N) is 1. The molecule has 3 heterocycles. The van der Waals surface area contributed by atoms with Crippen LogP contribution in [0.25, 0.3) is 27.3 Å². The second kappa shape index (κ2) is 7.98. The summed E-state index contributed by atoms with van der Waals surface area (Å²) < 4.78 is 15.3. The Labute approximate surface area is 186 Å². The van der Waals surface area contributed by atoms with E-state index in [9.17, 15) is 4.39 Å². The van der Waals surface area contributed by atoms with Gasteiger partial charge < -0.3 is 11.1 Å². The lowest BCUT2D eigenvalue weighted by atomic mass is 10.0. The Kier molecular flexibility index (Phi) is 5.52. The van der Waals surface area contributed by atoms with E-state index in [0.717, 1.165) is 0 Å². The molecule has 0 fully saturated rings. The molecule has 4 aromatic rings. The number of aromatic nitrogens is 5. The molecule has 1 atom stereocenters. The minimum Gasteiger partial charge on any atom is -0.374 e. The maximum absolute atomic E-state index is 13.6. The highest BCUT2D eigenvalue weighted by Gasteiger charge is 2.24. The topological polar surface area (TPSA) is 94.0 Å². The van der Waals surface area contributed by atoms with Crippen molar-refractivity contribution in [2.75, 3.05) is 11.1 Å². The third-order valence-electron chi connectivity index (χ3n) is 4.84. The van der Waals surface area contributed by atoms with Crippen LogP contribution in [0, 0.1) is 11.7 Å². The molecule has 1 unspecified atom stereocenters. The number of halogens is 3. The van der Waals surface area contributed by atoms with Crippen molar-refractivity contribution in [1.82, 2.24) is 24.8 Å². The van der Waals surface area contributed by atoms with Gasteiger partial charge in [-0.3, -0.25) is 0 Å². The van der Waals surface area contributed by atoms with Crippen LogP contribution in [0.15, 0.2) is 24.4 Å². The molecule has 0 saturated heterocycles. The van der Waals surface area contributed by atoms with Crippen LogP contribution in [0.1, 0.15) is 20.8 Å². The van der Waals surface area contributed by atoms with Crippen LogP contribution < -0.4 is 11.1 Å². The highest BCUT2D eigenvalue weighted by molar-refractivity contribution is 7.18. The predicted molar refractivity (Wildman–Crippen MR) is 120 cm³/mol. The molecule has 3 N–H and O–H groups in total. The lowest BCUT2D eigenvalue weighted by Crippen LogP contribution is -2.24. The third kappa shape index (κ3) is 3.68. The average molecular weight is 466 g/mol. The zero-order chi connectivity index (χ0) is 21.6. The molecule has 11 heteroatoms. The molecule has 0 bridgehead atoms. The molecule has 3 aromatic heterocycles. The molecule has 0 radical (unpaired) electrons. The summed E-state index contributed by atoms with van der Waals surface area (Å²) in [6, 6.07) is 4.23. The second-order valence-electron chi connectivity index (χ2n) is 7.17. The van der Waals surface area contributed by atoms with Crippen molar-refractivity contribution in [1.29, 1.82) is 0 Å². The highest BCUT2D eigenvalue weighted by Crippen LogP contribution is 2.40. The van der Waals surface area contributed by atoms with Gasteiger partial charge in [-0.1, -0.05) is 48.4 Å². The lowest BCUT2D eigenvalue weighted by Gasteiger charge is -2.22. The number of anilines is 2. The van der Waals surface area contributed by atoms with Crippen molar-refractivity contribution in [3.05, 3.63) is 40.4 Å². The van der Waals surface area contributed by atoms with Crippen LogP contribution in [0.2, 0.25) is 10.2 Å². The number of nitrogen functional groups attached to an aromatic ring is 1. The Balaban J connectivity index is 2.00. The fraction of sp³-hybridized carbons (Fsp3) is 0.263. The van der Waals surface area contributed by atoms with E-state index >= 15 is 0 Å². The first-order valence-electron chi connectivity index (χ1n) is 9.14. The summed E-state index contributed by atoms with van der Waals surface area (Å²) in [7, 11) is 0. The summed E-state index contributed by atoms with van der Waals surface area (Å²) in [5.74, 6) is 0.485. The van der Waals surface area contributed by atoms with Gasteiger partial charge in [0.2, 0.25) is 5.13 Å². The Morgan fingerprint density at radius 1 is 1.17 bits per heavy atom. The molecule has 4 rings (SSSR count). The molecule has 0 saturated carbocycles. The monoisotopic (exact) mass is 465 g/mol. The van der Waals surface area contributed by atoms with Gasteiger partial charge in [0.1, 0.15) is 16.8 Å². The van der Waals surface area contributed by atoms with E-state index < -0.39 is 5.82 Å². The van der Waals surface area contributed by atoms with Crippen LogP contribution in [0.5, 0.6) is 0 Å². The van der Waals surface area contributed by atoms with Gasteiger partial charge in [0.25, 0.3) is 0 Å². The summed E-state index contributed by atoms with van der Waals surface area (Å²) in [4.78, 5) is 4.55. The lowest BCUT2D eigenvalue weighted by molar-refractivity contribution is 0.556. The van der Waals surface area contributed by atoms with Gasteiger partial charge in [-0.05, 0) is 31.0 Å². The summed E-state index contributed by atoms with van der Waals surface area (Å²) >= 11 is 14.2. The third-order valence-corrected chi connectivity index (χ3v) is 6.21. The standard InChI is InChI=1S/C19H18Cl2FN7S/c1-8(2)9(3)25-17-14(11-5-4-10(22)6-13(11)20)15(21)26-16-12(7-24-29(16)17)18-27-28-19(23)30-18/h4-9,25H,1-3H3,(H2,23,28). The van der Waals surface area contributed by atoms with Crippen molar-refractivity contribution < 1.29 is 4.39 Å². The largest absolute Gasteiger partial charge is 0.374 e. The van der Waals surface area contributed by atoms with Crippen LogP contribution >= 0.6 is 34.5 Å². The van der Waals surface area contributed by atoms with E-state index in [1.54, 1.807) is 16.8 Å². The number of hydrogen-bond donors (Lipinski definition) is 2. The van der Waals surface area contributed by atoms with E-state index in [1.807, 2.05) is 0 Å². The van der Waals surface area contributed by atoms with E-state index in [1.165, 1.54) is 23.5 Å². The number of benzene rings is 1. The second-order valence-corrected chi connectivity index (χ2v) is 8.94. The fourth-order valence-electron chi connectivity index (χ4n) is 2.91. The molecular weight excluding hydrogens is 448 g/mol. The van der Waals surface area contributed by atoms with Crippen molar-refractivity contribution in [3.63, 3.8) is 0 Å². The van der Waals surface area contributed by atoms with Gasteiger partial charge in [0.15, 0.2) is 10.7 Å². The van der Waals surface area contributed by atoms with Gasteiger partial charge in [-0.15, -0.1) is 10.2 Å². The number of nitrogens with zero attached hydrogens (tertiary/aromatic N) is 5. The van der Waals surface area contributed by atoms with Crippen LogP contribution in [-0.4, -0.2) is 30.8 Å². The average Bonchev–Trinajstić information content (AvgIpc) is 3.28. The number of nitrogens with one attached hydrogen (secondary N) is 1. The van der Waals surface area contributed by atoms with Gasteiger partial charge in [0, 0.05) is 11.6 Å². The zero-order valence-corrected chi connectivity index (χ0v) is 18.6. The van der Waals surface area contributed by atoms with E-state index in [-0.39, 0.29) is 16.2 Å². The number of fused-ring (bicyclic) bond motifs is 1. The first-order chi connectivity index (χ1) is 14.3. The van der Waals surface area contributed by atoms with Crippen molar-refractivity contribution in [2.24, 2.45) is 5.92 Å². The SMILES string of the molecule is CC(C)C(C)Nc1c(-c2ccc(F)cc2Cl)c(Cl)nc2c(-c3nnc(N)s3)cnn12. The van der Waals surface area contributed by atoms with Crippen LogP contribution in [0.4, 0.5) is 15.3 Å². The first kappa shape index (κ1) is 20.8. The Hall–Kier alpha value is -2.49. The first-order valence-corrected chi connectivity index (χ1v) is 10.7. The quantitative estimate of drug-likeness (QED) is 0.383.